The maximum Gasteiger partial charge on any atom is 0.229 e. The number of nitrogens with zero attached hydrogens (tertiary/aromatic N) is 8. The van der Waals surface area contributed by atoms with Crippen molar-refractivity contribution in [3.05, 3.63) is 6.33 Å². The molecule has 10 heteroatoms. The first-order valence-electron chi connectivity index (χ1n) is 8.92. The van der Waals surface area contributed by atoms with Gasteiger partial charge in [-0.05, 0) is 6.92 Å². The van der Waals surface area contributed by atoms with Gasteiger partial charge in [-0.1, -0.05) is 5.21 Å². The molecule has 26 heavy (non-hydrogen) atoms. The van der Waals surface area contributed by atoms with Crippen LogP contribution in [0.2, 0.25) is 0 Å². The van der Waals surface area contributed by atoms with Gasteiger partial charge in [-0.2, -0.15) is 0 Å². The fourth-order valence-corrected chi connectivity index (χ4v) is 3.53. The number of rotatable bonds is 3. The van der Waals surface area contributed by atoms with Gasteiger partial charge in [0.05, 0.1) is 5.92 Å². The molecule has 138 valence electrons. The van der Waals surface area contributed by atoms with Gasteiger partial charge in [0, 0.05) is 52.7 Å². The van der Waals surface area contributed by atoms with E-state index in [1.54, 1.807) is 16.5 Å². The van der Waals surface area contributed by atoms with Crippen LogP contribution >= 0.6 is 0 Å². The molecular formula is C16H22N8O2. The summed E-state index contributed by atoms with van der Waals surface area (Å²) in [6, 6.07) is 0. The van der Waals surface area contributed by atoms with E-state index in [4.69, 9.17) is 0 Å². The van der Waals surface area contributed by atoms with Crippen LogP contribution in [0.5, 0.6) is 0 Å². The predicted molar refractivity (Wildman–Crippen MR) is 93.3 cm³/mol. The van der Waals surface area contributed by atoms with Gasteiger partial charge >= 0.3 is 0 Å². The van der Waals surface area contributed by atoms with Crippen LogP contribution in [0, 0.1) is 5.92 Å². The molecule has 2 aliphatic rings. The third-order valence-electron chi connectivity index (χ3n) is 5.15. The molecule has 4 rings (SSSR count). The van der Waals surface area contributed by atoms with Crippen LogP contribution in [0.1, 0.15) is 13.8 Å². The average Bonchev–Trinajstić information content (AvgIpc) is 3.04. The van der Waals surface area contributed by atoms with Crippen LogP contribution in [0.3, 0.4) is 0 Å². The smallest absolute Gasteiger partial charge is 0.229 e. The first kappa shape index (κ1) is 16.7. The summed E-state index contributed by atoms with van der Waals surface area (Å²) < 4.78 is 1.73. The van der Waals surface area contributed by atoms with Crippen molar-refractivity contribution >= 4 is 28.8 Å². The Bertz CT molecular complexity index is 836. The number of aryl methyl sites for hydroxylation is 1. The summed E-state index contributed by atoms with van der Waals surface area (Å²) in [5.74, 6) is 0.928. The van der Waals surface area contributed by atoms with Gasteiger partial charge in [0.25, 0.3) is 0 Å². The third kappa shape index (κ3) is 2.74. The van der Waals surface area contributed by atoms with E-state index in [0.717, 1.165) is 5.82 Å². The number of aromatic nitrogens is 5. The molecule has 0 radical (unpaired) electrons. The van der Waals surface area contributed by atoms with Crippen molar-refractivity contribution in [1.29, 1.82) is 0 Å². The summed E-state index contributed by atoms with van der Waals surface area (Å²) in [6.45, 7) is 7.94. The molecule has 2 aliphatic heterocycles. The molecular weight excluding hydrogens is 336 g/mol. The monoisotopic (exact) mass is 358 g/mol. The van der Waals surface area contributed by atoms with E-state index in [2.05, 4.69) is 20.3 Å². The SMILES string of the molecule is CCn1nnc2c(N3CC(C(=O)N4CCN(C(C)=O)CC4)C3)ncnc21. The zero-order chi connectivity index (χ0) is 18.3. The topological polar surface area (TPSA) is 100 Å². The lowest BCUT2D eigenvalue weighted by molar-refractivity contribution is -0.141. The summed E-state index contributed by atoms with van der Waals surface area (Å²) in [6.07, 6.45) is 1.52. The zero-order valence-corrected chi connectivity index (χ0v) is 15.0. The van der Waals surface area contributed by atoms with Crippen LogP contribution in [0.4, 0.5) is 5.82 Å². The van der Waals surface area contributed by atoms with Crippen molar-refractivity contribution in [1.82, 2.24) is 34.8 Å². The molecule has 2 saturated heterocycles. The fraction of sp³-hybridized carbons (Fsp3) is 0.625. The third-order valence-corrected chi connectivity index (χ3v) is 5.15. The summed E-state index contributed by atoms with van der Waals surface area (Å²) in [5.41, 5.74) is 1.39. The van der Waals surface area contributed by atoms with Gasteiger partial charge in [-0.3, -0.25) is 9.59 Å². The summed E-state index contributed by atoms with van der Waals surface area (Å²) in [4.78, 5) is 38.4. The van der Waals surface area contributed by atoms with E-state index < -0.39 is 0 Å². The molecule has 0 N–H and O–H groups in total. The Balaban J connectivity index is 1.39. The second-order valence-electron chi connectivity index (χ2n) is 6.71. The number of carbonyl (C=O) groups is 2. The van der Waals surface area contributed by atoms with Crippen molar-refractivity contribution in [2.75, 3.05) is 44.2 Å². The van der Waals surface area contributed by atoms with E-state index in [0.29, 0.717) is 57.0 Å². The lowest BCUT2D eigenvalue weighted by atomic mass is 9.98. The summed E-state index contributed by atoms with van der Waals surface area (Å²) >= 11 is 0. The lowest BCUT2D eigenvalue weighted by Crippen LogP contribution is -2.58. The van der Waals surface area contributed by atoms with Crippen molar-refractivity contribution < 1.29 is 9.59 Å². The van der Waals surface area contributed by atoms with E-state index in [9.17, 15) is 9.59 Å². The molecule has 2 amide bonds. The first-order chi connectivity index (χ1) is 12.6. The Morgan fingerprint density at radius 3 is 2.46 bits per heavy atom. The van der Waals surface area contributed by atoms with Gasteiger partial charge in [0.1, 0.15) is 6.33 Å². The molecule has 0 unspecified atom stereocenters. The molecule has 2 aromatic rings. The lowest BCUT2D eigenvalue weighted by Gasteiger charge is -2.43. The molecule has 4 heterocycles. The molecule has 0 aliphatic carbocycles. The maximum absolute atomic E-state index is 12.7. The van der Waals surface area contributed by atoms with Crippen molar-refractivity contribution in [2.24, 2.45) is 5.92 Å². The van der Waals surface area contributed by atoms with Gasteiger partial charge in [0.2, 0.25) is 11.8 Å². The Hall–Kier alpha value is -2.78. The minimum atomic E-state index is -0.0369. The Morgan fingerprint density at radius 2 is 1.81 bits per heavy atom. The van der Waals surface area contributed by atoms with E-state index in [-0.39, 0.29) is 17.7 Å². The first-order valence-corrected chi connectivity index (χ1v) is 8.92. The van der Waals surface area contributed by atoms with Crippen molar-refractivity contribution in [3.8, 4) is 0 Å². The van der Waals surface area contributed by atoms with Gasteiger partial charge in [-0.25, -0.2) is 14.6 Å². The molecule has 10 nitrogen and oxygen atoms in total. The predicted octanol–water partition coefficient (Wildman–Crippen LogP) is -0.632. The van der Waals surface area contributed by atoms with Crippen LogP contribution in [0.15, 0.2) is 6.33 Å². The zero-order valence-electron chi connectivity index (χ0n) is 15.0. The van der Waals surface area contributed by atoms with Crippen LogP contribution in [-0.4, -0.2) is 85.8 Å². The van der Waals surface area contributed by atoms with Crippen molar-refractivity contribution in [3.63, 3.8) is 0 Å². The Kier molecular flexibility index (Phi) is 4.17. The molecule has 0 saturated carbocycles. The summed E-state index contributed by atoms with van der Waals surface area (Å²) in [7, 11) is 0. The fourth-order valence-electron chi connectivity index (χ4n) is 3.53. The number of amides is 2. The maximum atomic E-state index is 12.7. The minimum Gasteiger partial charge on any atom is -0.353 e. The number of hydrogen-bond acceptors (Lipinski definition) is 7. The Morgan fingerprint density at radius 1 is 1.12 bits per heavy atom. The molecule has 0 bridgehead atoms. The standard InChI is InChI=1S/C16H22N8O2/c1-3-24-15-13(19-20-24)14(17-10-18-15)23-8-12(9-23)16(26)22-6-4-21(5-7-22)11(2)25/h10,12H,3-9H2,1-2H3. The highest BCUT2D eigenvalue weighted by Gasteiger charge is 2.38. The number of anilines is 1. The molecule has 2 fully saturated rings. The number of fused-ring (bicyclic) bond motifs is 1. The second kappa shape index (κ2) is 6.50. The van der Waals surface area contributed by atoms with Gasteiger partial charge in [0.15, 0.2) is 17.0 Å². The minimum absolute atomic E-state index is 0.0369. The van der Waals surface area contributed by atoms with Crippen LogP contribution in [-0.2, 0) is 16.1 Å². The number of hydrogen-bond donors (Lipinski definition) is 0. The highest BCUT2D eigenvalue weighted by Crippen LogP contribution is 2.28. The average molecular weight is 358 g/mol. The van der Waals surface area contributed by atoms with Crippen LogP contribution in [0.25, 0.3) is 11.2 Å². The highest BCUT2D eigenvalue weighted by molar-refractivity contribution is 5.86. The van der Waals surface area contributed by atoms with E-state index in [1.807, 2.05) is 16.7 Å². The largest absolute Gasteiger partial charge is 0.353 e. The second-order valence-corrected chi connectivity index (χ2v) is 6.71. The molecule has 0 aromatic carbocycles. The van der Waals surface area contributed by atoms with E-state index >= 15 is 0 Å². The van der Waals surface area contributed by atoms with Gasteiger partial charge in [-0.15, -0.1) is 5.10 Å². The molecule has 2 aromatic heterocycles. The number of piperazine rings is 1. The molecule has 0 atom stereocenters. The summed E-state index contributed by atoms with van der Waals surface area (Å²) in [5, 5.41) is 8.28. The van der Waals surface area contributed by atoms with Crippen molar-refractivity contribution in [2.45, 2.75) is 20.4 Å². The molecule has 0 spiro atoms. The van der Waals surface area contributed by atoms with Crippen LogP contribution < -0.4 is 4.90 Å². The highest BCUT2D eigenvalue weighted by atomic mass is 16.2. The van der Waals surface area contributed by atoms with E-state index in [1.165, 1.54) is 6.33 Å². The normalized spacial score (nSPS) is 18.3. The Labute approximate surface area is 150 Å². The number of carbonyl (C=O) groups excluding carboxylic acids is 2. The quantitative estimate of drug-likeness (QED) is 0.720. The van der Waals surface area contributed by atoms with Gasteiger partial charge < -0.3 is 14.7 Å².